The fourth-order valence-electron chi connectivity index (χ4n) is 1.75. The standard InChI is InChI=1S/C13H20BrN/c1-4-6-10(2)12(14)9-13-11(3)7-5-8-15-13/h5,7-8,10,12H,4,6,9H2,1-3H3. The second kappa shape index (κ2) is 6.26. The lowest BCUT2D eigenvalue weighted by Gasteiger charge is -2.17. The van der Waals surface area contributed by atoms with Crippen LogP contribution in [0.25, 0.3) is 0 Å². The van der Waals surface area contributed by atoms with Crippen molar-refractivity contribution in [2.24, 2.45) is 5.92 Å². The zero-order valence-corrected chi connectivity index (χ0v) is 11.4. The maximum absolute atomic E-state index is 4.43. The van der Waals surface area contributed by atoms with Gasteiger partial charge in [0.25, 0.3) is 0 Å². The molecule has 1 nitrogen and oxygen atoms in total. The Hall–Kier alpha value is -0.370. The minimum absolute atomic E-state index is 0.547. The third kappa shape index (κ3) is 3.94. The van der Waals surface area contributed by atoms with E-state index < -0.39 is 0 Å². The topological polar surface area (TPSA) is 12.9 Å². The molecule has 0 saturated carbocycles. The lowest BCUT2D eigenvalue weighted by atomic mass is 9.98. The molecule has 2 atom stereocenters. The molecule has 0 saturated heterocycles. The second-order valence-corrected chi connectivity index (χ2v) is 5.43. The molecule has 2 heteroatoms. The Kier molecular flexibility index (Phi) is 5.30. The predicted octanol–water partition coefficient (Wildman–Crippen LogP) is 4.13. The summed E-state index contributed by atoms with van der Waals surface area (Å²) in [6, 6.07) is 4.13. The van der Waals surface area contributed by atoms with Crippen molar-refractivity contribution in [1.29, 1.82) is 0 Å². The lowest BCUT2D eigenvalue weighted by Crippen LogP contribution is -2.15. The molecule has 15 heavy (non-hydrogen) atoms. The maximum Gasteiger partial charge on any atom is 0.0443 e. The lowest BCUT2D eigenvalue weighted by molar-refractivity contribution is 0.502. The van der Waals surface area contributed by atoms with Crippen molar-refractivity contribution in [3.63, 3.8) is 0 Å². The van der Waals surface area contributed by atoms with E-state index >= 15 is 0 Å². The van der Waals surface area contributed by atoms with Crippen molar-refractivity contribution in [2.45, 2.75) is 44.9 Å². The van der Waals surface area contributed by atoms with Gasteiger partial charge in [-0.2, -0.15) is 0 Å². The second-order valence-electron chi connectivity index (χ2n) is 4.25. The molecule has 1 aromatic rings. The smallest absolute Gasteiger partial charge is 0.0443 e. The van der Waals surface area contributed by atoms with E-state index in [1.165, 1.54) is 24.1 Å². The molecule has 0 fully saturated rings. The average molecular weight is 270 g/mol. The van der Waals surface area contributed by atoms with Crippen LogP contribution in [0.3, 0.4) is 0 Å². The van der Waals surface area contributed by atoms with E-state index in [2.05, 4.69) is 47.8 Å². The number of halogens is 1. The van der Waals surface area contributed by atoms with Gasteiger partial charge in [0.15, 0.2) is 0 Å². The quantitative estimate of drug-likeness (QED) is 0.733. The Morgan fingerprint density at radius 3 is 2.80 bits per heavy atom. The van der Waals surface area contributed by atoms with E-state index in [4.69, 9.17) is 0 Å². The minimum atomic E-state index is 0.547. The van der Waals surface area contributed by atoms with Crippen LogP contribution < -0.4 is 0 Å². The third-order valence-electron chi connectivity index (χ3n) is 2.87. The van der Waals surface area contributed by atoms with Crippen LogP contribution in [0.1, 0.15) is 37.9 Å². The molecule has 84 valence electrons. The van der Waals surface area contributed by atoms with Gasteiger partial charge in [-0.3, -0.25) is 4.98 Å². The van der Waals surface area contributed by atoms with Crippen molar-refractivity contribution >= 4 is 15.9 Å². The van der Waals surface area contributed by atoms with Gasteiger partial charge in [0.1, 0.15) is 0 Å². The summed E-state index contributed by atoms with van der Waals surface area (Å²) in [6.07, 6.45) is 5.45. The van der Waals surface area contributed by atoms with E-state index in [1.807, 2.05) is 12.3 Å². The van der Waals surface area contributed by atoms with Crippen LogP contribution in [-0.2, 0) is 6.42 Å². The summed E-state index contributed by atoms with van der Waals surface area (Å²) in [5.41, 5.74) is 2.52. The van der Waals surface area contributed by atoms with Gasteiger partial charge in [-0.1, -0.05) is 42.3 Å². The van der Waals surface area contributed by atoms with Crippen molar-refractivity contribution in [2.75, 3.05) is 0 Å². The molecule has 0 aliphatic carbocycles. The number of hydrogen-bond donors (Lipinski definition) is 0. The molecule has 1 rings (SSSR count). The van der Waals surface area contributed by atoms with Crippen molar-refractivity contribution in [3.8, 4) is 0 Å². The molecule has 0 spiro atoms. The van der Waals surface area contributed by atoms with Gasteiger partial charge in [-0.15, -0.1) is 0 Å². The first-order valence-corrected chi connectivity index (χ1v) is 6.61. The van der Waals surface area contributed by atoms with Crippen molar-refractivity contribution in [3.05, 3.63) is 29.6 Å². The predicted molar refractivity (Wildman–Crippen MR) is 69.5 cm³/mol. The van der Waals surface area contributed by atoms with Crippen LogP contribution in [0.2, 0.25) is 0 Å². The zero-order chi connectivity index (χ0) is 11.3. The number of hydrogen-bond acceptors (Lipinski definition) is 1. The molecule has 0 bridgehead atoms. The van der Waals surface area contributed by atoms with Gasteiger partial charge in [0.05, 0.1) is 0 Å². The molecular weight excluding hydrogens is 250 g/mol. The Morgan fingerprint density at radius 2 is 2.20 bits per heavy atom. The molecule has 1 heterocycles. The zero-order valence-electron chi connectivity index (χ0n) is 9.83. The highest BCUT2D eigenvalue weighted by molar-refractivity contribution is 9.09. The minimum Gasteiger partial charge on any atom is -0.261 e. The molecule has 0 aromatic carbocycles. The SMILES string of the molecule is CCCC(C)C(Br)Cc1ncccc1C. The molecule has 0 radical (unpaired) electrons. The van der Waals surface area contributed by atoms with Crippen LogP contribution in [0.4, 0.5) is 0 Å². The van der Waals surface area contributed by atoms with Crippen LogP contribution in [0, 0.1) is 12.8 Å². The summed E-state index contributed by atoms with van der Waals surface area (Å²) >= 11 is 3.78. The highest BCUT2D eigenvalue weighted by atomic mass is 79.9. The van der Waals surface area contributed by atoms with Gasteiger partial charge in [0.2, 0.25) is 0 Å². The number of aryl methyl sites for hydroxylation is 1. The molecule has 0 N–H and O–H groups in total. The number of nitrogens with zero attached hydrogens (tertiary/aromatic N) is 1. The summed E-state index contributed by atoms with van der Waals surface area (Å²) in [6.45, 7) is 6.68. The van der Waals surface area contributed by atoms with Gasteiger partial charge in [0, 0.05) is 23.1 Å². The van der Waals surface area contributed by atoms with E-state index in [1.54, 1.807) is 0 Å². The Bertz CT molecular complexity index is 298. The van der Waals surface area contributed by atoms with Gasteiger partial charge >= 0.3 is 0 Å². The first-order valence-electron chi connectivity index (χ1n) is 5.69. The summed E-state index contributed by atoms with van der Waals surface area (Å²) < 4.78 is 0. The monoisotopic (exact) mass is 269 g/mol. The summed E-state index contributed by atoms with van der Waals surface area (Å²) in [4.78, 5) is 4.98. The molecular formula is C13H20BrN. The highest BCUT2D eigenvalue weighted by Gasteiger charge is 2.15. The molecule has 0 aliphatic rings. The van der Waals surface area contributed by atoms with Crippen LogP contribution in [-0.4, -0.2) is 9.81 Å². The largest absolute Gasteiger partial charge is 0.261 e. The Labute approximate surface area is 101 Å². The van der Waals surface area contributed by atoms with E-state index in [-0.39, 0.29) is 0 Å². The van der Waals surface area contributed by atoms with Crippen LogP contribution >= 0.6 is 15.9 Å². The average Bonchev–Trinajstić information content (AvgIpc) is 2.21. The number of rotatable bonds is 5. The fourth-order valence-corrected chi connectivity index (χ4v) is 2.33. The van der Waals surface area contributed by atoms with E-state index in [0.29, 0.717) is 4.83 Å². The molecule has 2 unspecified atom stereocenters. The summed E-state index contributed by atoms with van der Waals surface area (Å²) in [5.74, 6) is 0.719. The molecule has 0 aliphatic heterocycles. The van der Waals surface area contributed by atoms with Crippen molar-refractivity contribution in [1.82, 2.24) is 4.98 Å². The number of aromatic nitrogens is 1. The normalized spacial score (nSPS) is 14.9. The third-order valence-corrected chi connectivity index (χ3v) is 4.09. The van der Waals surface area contributed by atoms with Gasteiger partial charge in [-0.25, -0.2) is 0 Å². The summed E-state index contributed by atoms with van der Waals surface area (Å²) in [7, 11) is 0. The molecule has 0 amide bonds. The number of pyridine rings is 1. The highest BCUT2D eigenvalue weighted by Crippen LogP contribution is 2.22. The fraction of sp³-hybridized carbons (Fsp3) is 0.615. The van der Waals surface area contributed by atoms with Crippen molar-refractivity contribution < 1.29 is 0 Å². The Balaban J connectivity index is 2.58. The number of alkyl halides is 1. The first kappa shape index (κ1) is 12.7. The Morgan fingerprint density at radius 1 is 1.47 bits per heavy atom. The molecule has 1 aromatic heterocycles. The maximum atomic E-state index is 4.43. The van der Waals surface area contributed by atoms with E-state index in [0.717, 1.165) is 12.3 Å². The van der Waals surface area contributed by atoms with Gasteiger partial charge in [-0.05, 0) is 30.9 Å². The van der Waals surface area contributed by atoms with Gasteiger partial charge < -0.3 is 0 Å². The summed E-state index contributed by atoms with van der Waals surface area (Å²) in [5, 5.41) is 0. The first-order chi connectivity index (χ1) is 7.15. The van der Waals surface area contributed by atoms with E-state index in [9.17, 15) is 0 Å². The van der Waals surface area contributed by atoms with Crippen LogP contribution in [0.15, 0.2) is 18.3 Å². The van der Waals surface area contributed by atoms with Crippen LogP contribution in [0.5, 0.6) is 0 Å².